The smallest absolute Gasteiger partial charge is 0.151 e. The van der Waals surface area contributed by atoms with E-state index in [2.05, 4.69) is 13.8 Å². The third-order valence-corrected chi connectivity index (χ3v) is 4.08. The Bertz CT molecular complexity index is 244. The minimum absolute atomic E-state index is 0.0529. The van der Waals surface area contributed by atoms with Crippen molar-refractivity contribution in [1.82, 2.24) is 0 Å². The molecule has 2 fully saturated rings. The summed E-state index contributed by atoms with van der Waals surface area (Å²) in [4.78, 5) is 10.8. The van der Waals surface area contributed by atoms with Crippen molar-refractivity contribution in [3.63, 3.8) is 0 Å². The lowest BCUT2D eigenvalue weighted by Gasteiger charge is -2.33. The molecule has 2 atom stereocenters. The van der Waals surface area contributed by atoms with Gasteiger partial charge in [-0.2, -0.15) is 0 Å². The van der Waals surface area contributed by atoms with Gasteiger partial charge in [-0.05, 0) is 44.9 Å². The predicted molar refractivity (Wildman–Crippen MR) is 50.5 cm³/mol. The summed E-state index contributed by atoms with van der Waals surface area (Å²) in [6.45, 7) is 6.33. The fourth-order valence-corrected chi connectivity index (χ4v) is 2.33. The second kappa shape index (κ2) is 2.35. The van der Waals surface area contributed by atoms with Gasteiger partial charge in [-0.3, -0.25) is 0 Å². The molecule has 2 aliphatic rings. The lowest BCUT2D eigenvalue weighted by molar-refractivity contribution is -0.145. The van der Waals surface area contributed by atoms with Gasteiger partial charge in [0, 0.05) is 0 Å². The highest BCUT2D eigenvalue weighted by Crippen LogP contribution is 2.60. The molecule has 0 amide bonds. The van der Waals surface area contributed by atoms with Crippen molar-refractivity contribution >= 4 is 6.29 Å². The maximum Gasteiger partial charge on any atom is 0.151 e. The van der Waals surface area contributed by atoms with E-state index >= 15 is 0 Å². The molecule has 2 heteroatoms. The number of aldehydes is 1. The van der Waals surface area contributed by atoms with Crippen LogP contribution < -0.4 is 0 Å². The summed E-state index contributed by atoms with van der Waals surface area (Å²) in [6.07, 6.45) is 5.36. The van der Waals surface area contributed by atoms with Crippen LogP contribution in [0, 0.1) is 5.41 Å². The average molecular weight is 182 g/mol. The molecule has 2 nitrogen and oxygen atoms in total. The van der Waals surface area contributed by atoms with Gasteiger partial charge in [0.15, 0.2) is 6.29 Å². The number of hydrogen-bond donors (Lipinski definition) is 0. The Labute approximate surface area is 79.7 Å². The number of carbonyl (C=O) groups is 1. The van der Waals surface area contributed by atoms with E-state index in [4.69, 9.17) is 4.74 Å². The Morgan fingerprint density at radius 3 is 2.08 bits per heavy atom. The first kappa shape index (κ1) is 9.20. The lowest BCUT2D eigenvalue weighted by atomic mass is 9.85. The van der Waals surface area contributed by atoms with Crippen LogP contribution in [0.5, 0.6) is 0 Å². The molecule has 13 heavy (non-hydrogen) atoms. The molecule has 1 saturated heterocycles. The first-order valence-electron chi connectivity index (χ1n) is 5.10. The van der Waals surface area contributed by atoms with Crippen molar-refractivity contribution in [3.8, 4) is 0 Å². The van der Waals surface area contributed by atoms with E-state index in [1.54, 1.807) is 0 Å². The highest BCUT2D eigenvalue weighted by atomic mass is 16.5. The van der Waals surface area contributed by atoms with E-state index in [0.717, 1.165) is 19.1 Å². The van der Waals surface area contributed by atoms with E-state index in [1.165, 1.54) is 12.8 Å². The summed E-state index contributed by atoms with van der Waals surface area (Å²) >= 11 is 0. The van der Waals surface area contributed by atoms with Crippen molar-refractivity contribution in [1.29, 1.82) is 0 Å². The molecule has 1 aliphatic heterocycles. The molecular formula is C11H18O2. The van der Waals surface area contributed by atoms with E-state index < -0.39 is 5.60 Å². The van der Waals surface area contributed by atoms with Crippen molar-refractivity contribution in [2.24, 2.45) is 5.41 Å². The Hall–Kier alpha value is -0.370. The Morgan fingerprint density at radius 2 is 1.69 bits per heavy atom. The summed E-state index contributed by atoms with van der Waals surface area (Å²) in [6, 6.07) is 0. The topological polar surface area (TPSA) is 26.3 Å². The third kappa shape index (κ3) is 1.23. The molecule has 0 spiro atoms. The van der Waals surface area contributed by atoms with Crippen LogP contribution in [-0.2, 0) is 9.53 Å². The zero-order valence-electron chi connectivity index (χ0n) is 8.72. The van der Waals surface area contributed by atoms with Gasteiger partial charge < -0.3 is 9.53 Å². The molecule has 1 aliphatic carbocycles. The first-order chi connectivity index (χ1) is 5.93. The van der Waals surface area contributed by atoms with Crippen LogP contribution in [0.4, 0.5) is 0 Å². The van der Waals surface area contributed by atoms with Crippen LogP contribution in [0.15, 0.2) is 0 Å². The summed E-state index contributed by atoms with van der Waals surface area (Å²) in [7, 11) is 0. The van der Waals surface area contributed by atoms with Gasteiger partial charge in [0.1, 0.15) is 5.60 Å². The highest BCUT2D eigenvalue weighted by molar-refractivity contribution is 5.62. The van der Waals surface area contributed by atoms with Crippen molar-refractivity contribution < 1.29 is 9.53 Å². The molecule has 2 unspecified atom stereocenters. The van der Waals surface area contributed by atoms with Crippen molar-refractivity contribution in [2.45, 2.75) is 57.7 Å². The van der Waals surface area contributed by atoms with Gasteiger partial charge in [-0.1, -0.05) is 6.92 Å². The zero-order chi connectivity index (χ0) is 9.74. The third-order valence-electron chi connectivity index (χ3n) is 4.08. The number of rotatable bonds is 2. The Balaban J connectivity index is 2.16. The van der Waals surface area contributed by atoms with E-state index in [-0.39, 0.29) is 5.60 Å². The van der Waals surface area contributed by atoms with Gasteiger partial charge in [-0.25, -0.2) is 0 Å². The highest BCUT2D eigenvalue weighted by Gasteiger charge is 2.59. The van der Waals surface area contributed by atoms with Gasteiger partial charge in [0.05, 0.1) is 5.60 Å². The SMILES string of the molecule is CC1(C=O)CCC(C)(C2(C)CC2)O1. The molecule has 0 aromatic heterocycles. The summed E-state index contributed by atoms with van der Waals surface area (Å²) < 4.78 is 5.94. The van der Waals surface area contributed by atoms with Crippen LogP contribution in [0.1, 0.15) is 46.5 Å². The lowest BCUT2D eigenvalue weighted by Crippen LogP contribution is -2.38. The molecule has 0 bridgehead atoms. The minimum Gasteiger partial charge on any atom is -0.361 e. The normalized spacial score (nSPS) is 47.6. The summed E-state index contributed by atoms with van der Waals surface area (Å²) in [5.41, 5.74) is -0.225. The van der Waals surface area contributed by atoms with Crippen LogP contribution in [-0.4, -0.2) is 17.5 Å². The van der Waals surface area contributed by atoms with E-state index in [0.29, 0.717) is 5.41 Å². The second-order valence-corrected chi connectivity index (χ2v) is 5.32. The average Bonchev–Trinajstić information content (AvgIpc) is 2.74. The molecule has 0 radical (unpaired) electrons. The van der Waals surface area contributed by atoms with E-state index in [9.17, 15) is 4.79 Å². The van der Waals surface area contributed by atoms with Crippen LogP contribution in [0.25, 0.3) is 0 Å². The minimum atomic E-state index is -0.514. The van der Waals surface area contributed by atoms with Gasteiger partial charge in [-0.15, -0.1) is 0 Å². The zero-order valence-corrected chi connectivity index (χ0v) is 8.72. The molecule has 0 aromatic carbocycles. The number of carbonyl (C=O) groups excluding carboxylic acids is 1. The molecule has 0 N–H and O–H groups in total. The van der Waals surface area contributed by atoms with Crippen LogP contribution in [0.3, 0.4) is 0 Å². The van der Waals surface area contributed by atoms with Crippen LogP contribution in [0.2, 0.25) is 0 Å². The number of ether oxygens (including phenoxy) is 1. The molecule has 1 saturated carbocycles. The van der Waals surface area contributed by atoms with Crippen molar-refractivity contribution in [3.05, 3.63) is 0 Å². The maximum atomic E-state index is 10.8. The second-order valence-electron chi connectivity index (χ2n) is 5.32. The Morgan fingerprint density at radius 1 is 1.08 bits per heavy atom. The Kier molecular flexibility index (Phi) is 1.66. The van der Waals surface area contributed by atoms with Crippen LogP contribution >= 0.6 is 0 Å². The molecule has 1 heterocycles. The predicted octanol–water partition coefficient (Wildman–Crippen LogP) is 2.31. The van der Waals surface area contributed by atoms with Crippen molar-refractivity contribution in [2.75, 3.05) is 0 Å². The standard InChI is InChI=1S/C11H18O2/c1-9(4-5-9)11(3)7-6-10(2,8-12)13-11/h8H,4-7H2,1-3H3. The fraction of sp³-hybridized carbons (Fsp3) is 0.909. The first-order valence-corrected chi connectivity index (χ1v) is 5.10. The maximum absolute atomic E-state index is 10.8. The van der Waals surface area contributed by atoms with Gasteiger partial charge in [0.25, 0.3) is 0 Å². The summed E-state index contributed by atoms with van der Waals surface area (Å²) in [5.74, 6) is 0. The largest absolute Gasteiger partial charge is 0.361 e. The molecular weight excluding hydrogens is 164 g/mol. The van der Waals surface area contributed by atoms with Gasteiger partial charge >= 0.3 is 0 Å². The molecule has 2 rings (SSSR count). The van der Waals surface area contributed by atoms with E-state index in [1.807, 2.05) is 6.92 Å². The molecule has 0 aromatic rings. The molecule has 74 valence electrons. The fourth-order valence-electron chi connectivity index (χ4n) is 2.33. The quantitative estimate of drug-likeness (QED) is 0.612. The number of hydrogen-bond acceptors (Lipinski definition) is 2. The summed E-state index contributed by atoms with van der Waals surface area (Å²) in [5, 5.41) is 0. The van der Waals surface area contributed by atoms with Gasteiger partial charge in [0.2, 0.25) is 0 Å². The monoisotopic (exact) mass is 182 g/mol.